The van der Waals surface area contributed by atoms with Gasteiger partial charge in [-0.15, -0.1) is 0 Å². The number of likely N-dealkylation sites (tertiary alicyclic amines) is 1. The summed E-state index contributed by atoms with van der Waals surface area (Å²) in [6.45, 7) is 3.08. The van der Waals surface area contributed by atoms with Crippen LogP contribution in [0.25, 0.3) is 0 Å². The van der Waals surface area contributed by atoms with Crippen LogP contribution in [0.3, 0.4) is 0 Å². The topological polar surface area (TPSA) is 70.6 Å². The summed E-state index contributed by atoms with van der Waals surface area (Å²) in [6, 6.07) is 5.59. The summed E-state index contributed by atoms with van der Waals surface area (Å²) in [4.78, 5) is 14.3. The highest BCUT2D eigenvalue weighted by Gasteiger charge is 2.25. The average Bonchev–Trinajstić information content (AvgIpc) is 3.27. The zero-order valence-electron chi connectivity index (χ0n) is 12.5. The van der Waals surface area contributed by atoms with Gasteiger partial charge in [0.2, 0.25) is 0 Å². The molecular formula is C16H21N3O3. The van der Waals surface area contributed by atoms with Gasteiger partial charge in [0, 0.05) is 18.7 Å². The molecular weight excluding hydrogens is 282 g/mol. The molecule has 3 heterocycles. The third kappa shape index (κ3) is 3.71. The molecule has 6 nitrogen and oxygen atoms in total. The van der Waals surface area contributed by atoms with Crippen LogP contribution >= 0.6 is 0 Å². The van der Waals surface area contributed by atoms with Gasteiger partial charge in [-0.05, 0) is 44.1 Å². The predicted octanol–water partition coefficient (Wildman–Crippen LogP) is 2.51. The Balaban J connectivity index is 1.51. The fraction of sp³-hybridized carbons (Fsp3) is 0.438. The van der Waals surface area contributed by atoms with Crippen molar-refractivity contribution < 1.29 is 13.6 Å². The van der Waals surface area contributed by atoms with Gasteiger partial charge < -0.3 is 19.5 Å². The number of nitrogens with one attached hydrogen (secondary N) is 2. The van der Waals surface area contributed by atoms with Gasteiger partial charge in [0.25, 0.3) is 0 Å². The van der Waals surface area contributed by atoms with E-state index in [1.165, 1.54) is 12.8 Å². The van der Waals surface area contributed by atoms with E-state index in [9.17, 15) is 4.79 Å². The molecule has 1 aliphatic heterocycles. The lowest BCUT2D eigenvalue weighted by Gasteiger charge is -2.26. The fourth-order valence-corrected chi connectivity index (χ4v) is 2.77. The Morgan fingerprint density at radius 3 is 2.77 bits per heavy atom. The minimum absolute atomic E-state index is 0.0946. The van der Waals surface area contributed by atoms with Gasteiger partial charge in [-0.25, -0.2) is 4.79 Å². The van der Waals surface area contributed by atoms with Crippen molar-refractivity contribution >= 4 is 6.03 Å². The lowest BCUT2D eigenvalue weighted by atomic mass is 10.2. The van der Waals surface area contributed by atoms with Gasteiger partial charge in [-0.3, -0.25) is 4.90 Å². The molecule has 0 unspecified atom stereocenters. The van der Waals surface area contributed by atoms with Crippen LogP contribution in [0.1, 0.15) is 30.2 Å². The maximum Gasteiger partial charge on any atom is 0.315 e. The van der Waals surface area contributed by atoms with E-state index in [0.29, 0.717) is 13.1 Å². The summed E-state index contributed by atoms with van der Waals surface area (Å²) >= 11 is 0. The third-order valence-corrected chi connectivity index (χ3v) is 3.94. The molecule has 0 radical (unpaired) electrons. The van der Waals surface area contributed by atoms with E-state index in [2.05, 4.69) is 15.5 Å². The second-order valence-electron chi connectivity index (χ2n) is 5.47. The molecule has 2 N–H and O–H groups in total. The first-order chi connectivity index (χ1) is 10.8. The van der Waals surface area contributed by atoms with Crippen LogP contribution in [0.5, 0.6) is 0 Å². The van der Waals surface area contributed by atoms with E-state index in [-0.39, 0.29) is 12.1 Å². The zero-order valence-corrected chi connectivity index (χ0v) is 12.5. The Bertz CT molecular complexity index is 559. The maximum atomic E-state index is 11.9. The number of hydrogen-bond donors (Lipinski definition) is 2. The number of furan rings is 2. The summed E-state index contributed by atoms with van der Waals surface area (Å²) in [6.07, 6.45) is 7.29. The number of carbonyl (C=O) groups excluding carboxylic acids is 1. The van der Waals surface area contributed by atoms with Crippen molar-refractivity contribution in [1.82, 2.24) is 15.5 Å². The van der Waals surface area contributed by atoms with Crippen molar-refractivity contribution in [2.24, 2.45) is 0 Å². The van der Waals surface area contributed by atoms with Crippen molar-refractivity contribution in [2.75, 3.05) is 19.6 Å². The van der Waals surface area contributed by atoms with E-state index in [1.54, 1.807) is 18.8 Å². The van der Waals surface area contributed by atoms with Crippen molar-refractivity contribution in [3.63, 3.8) is 0 Å². The summed E-state index contributed by atoms with van der Waals surface area (Å²) in [5.74, 6) is 0.900. The second-order valence-corrected chi connectivity index (χ2v) is 5.47. The van der Waals surface area contributed by atoms with Crippen LogP contribution in [0.4, 0.5) is 4.79 Å². The quantitative estimate of drug-likeness (QED) is 0.860. The van der Waals surface area contributed by atoms with Crippen LogP contribution in [-0.2, 0) is 6.54 Å². The number of rotatable bonds is 6. The standard InChI is InChI=1S/C16H21N3O3/c20-16(17-10-13-5-9-21-12-13)18-11-14(15-4-3-8-22-15)19-6-1-2-7-19/h3-5,8-9,12,14H,1-2,6-7,10-11H2,(H2,17,18,20)/t14-/m0/s1. The SMILES string of the molecule is O=C(NCc1ccoc1)NC[C@@H](c1ccco1)N1CCCC1. The largest absolute Gasteiger partial charge is 0.472 e. The molecule has 1 fully saturated rings. The molecule has 2 amide bonds. The van der Waals surface area contributed by atoms with Crippen LogP contribution in [-0.4, -0.2) is 30.6 Å². The molecule has 118 valence electrons. The van der Waals surface area contributed by atoms with Crippen LogP contribution in [0, 0.1) is 0 Å². The summed E-state index contributed by atoms with van der Waals surface area (Å²) in [5.41, 5.74) is 0.942. The summed E-state index contributed by atoms with van der Waals surface area (Å²) in [7, 11) is 0. The van der Waals surface area contributed by atoms with E-state index in [0.717, 1.165) is 24.4 Å². The number of hydrogen-bond acceptors (Lipinski definition) is 4. The van der Waals surface area contributed by atoms with E-state index < -0.39 is 0 Å². The molecule has 22 heavy (non-hydrogen) atoms. The lowest BCUT2D eigenvalue weighted by Crippen LogP contribution is -2.41. The second kappa shape index (κ2) is 7.17. The van der Waals surface area contributed by atoms with Crippen LogP contribution in [0.15, 0.2) is 45.8 Å². The van der Waals surface area contributed by atoms with E-state index in [4.69, 9.17) is 8.83 Å². The monoisotopic (exact) mass is 303 g/mol. The Hall–Kier alpha value is -2.21. The predicted molar refractivity (Wildman–Crippen MR) is 81.2 cm³/mol. The van der Waals surface area contributed by atoms with Crippen LogP contribution in [0.2, 0.25) is 0 Å². The van der Waals surface area contributed by atoms with Gasteiger partial charge in [0.15, 0.2) is 0 Å². The summed E-state index contributed by atoms with van der Waals surface area (Å²) in [5, 5.41) is 5.75. The number of nitrogens with zero attached hydrogens (tertiary/aromatic N) is 1. The lowest BCUT2D eigenvalue weighted by molar-refractivity contribution is 0.203. The molecule has 3 rings (SSSR count). The van der Waals surface area contributed by atoms with Crippen molar-refractivity contribution in [2.45, 2.75) is 25.4 Å². The highest BCUT2D eigenvalue weighted by atomic mass is 16.3. The average molecular weight is 303 g/mol. The van der Waals surface area contributed by atoms with Gasteiger partial charge in [0.1, 0.15) is 5.76 Å². The first-order valence-electron chi connectivity index (χ1n) is 7.63. The highest BCUT2D eigenvalue weighted by Crippen LogP contribution is 2.24. The zero-order chi connectivity index (χ0) is 15.2. The fourth-order valence-electron chi connectivity index (χ4n) is 2.77. The maximum absolute atomic E-state index is 11.9. The van der Waals surface area contributed by atoms with Gasteiger partial charge >= 0.3 is 6.03 Å². The molecule has 0 saturated carbocycles. The first-order valence-corrected chi connectivity index (χ1v) is 7.63. The van der Waals surface area contributed by atoms with Crippen molar-refractivity contribution in [3.8, 4) is 0 Å². The third-order valence-electron chi connectivity index (χ3n) is 3.94. The number of urea groups is 1. The number of amides is 2. The van der Waals surface area contributed by atoms with Gasteiger partial charge in [0.05, 0.1) is 24.8 Å². The molecule has 1 atom stereocenters. The Labute approximate surface area is 129 Å². The Morgan fingerprint density at radius 1 is 1.23 bits per heavy atom. The van der Waals surface area contributed by atoms with Crippen LogP contribution < -0.4 is 10.6 Å². The molecule has 2 aromatic rings. The van der Waals surface area contributed by atoms with E-state index >= 15 is 0 Å². The van der Waals surface area contributed by atoms with Gasteiger partial charge in [-0.1, -0.05) is 0 Å². The van der Waals surface area contributed by atoms with E-state index in [1.807, 2.05) is 18.2 Å². The molecule has 1 saturated heterocycles. The Morgan fingerprint density at radius 2 is 2.09 bits per heavy atom. The van der Waals surface area contributed by atoms with Crippen molar-refractivity contribution in [3.05, 3.63) is 48.3 Å². The molecule has 0 spiro atoms. The molecule has 0 aliphatic carbocycles. The van der Waals surface area contributed by atoms with Gasteiger partial charge in [-0.2, -0.15) is 0 Å². The van der Waals surface area contributed by atoms with Crippen molar-refractivity contribution in [1.29, 1.82) is 0 Å². The molecule has 0 bridgehead atoms. The Kier molecular flexibility index (Phi) is 4.80. The first kappa shape index (κ1) is 14.7. The molecule has 1 aliphatic rings. The number of carbonyl (C=O) groups is 1. The minimum atomic E-state index is -0.183. The minimum Gasteiger partial charge on any atom is -0.472 e. The summed E-state index contributed by atoms with van der Waals surface area (Å²) < 4.78 is 10.5. The molecule has 0 aromatic carbocycles. The normalized spacial score (nSPS) is 16.5. The molecule has 6 heteroatoms. The smallest absolute Gasteiger partial charge is 0.315 e. The highest BCUT2D eigenvalue weighted by molar-refractivity contribution is 5.73. The molecule has 2 aromatic heterocycles.